The number of aryl methyl sites for hydroxylation is 1. The van der Waals surface area contributed by atoms with Crippen LogP contribution in [0.4, 0.5) is 10.8 Å². The number of hydrogen-bond acceptors (Lipinski definition) is 5. The minimum absolute atomic E-state index is 0.0711. The van der Waals surface area contributed by atoms with Gasteiger partial charge < -0.3 is 10.6 Å². The summed E-state index contributed by atoms with van der Waals surface area (Å²) in [6.45, 7) is 3.38. The molecule has 0 saturated heterocycles. The number of nitrogens with one attached hydrogen (secondary N) is 2. The van der Waals surface area contributed by atoms with Gasteiger partial charge in [-0.15, -0.1) is 0 Å². The van der Waals surface area contributed by atoms with E-state index in [4.69, 9.17) is 0 Å². The predicted octanol–water partition coefficient (Wildman–Crippen LogP) is 5.53. The molecule has 3 aromatic rings. The Morgan fingerprint density at radius 2 is 1.90 bits per heavy atom. The molecular weight excluding hydrogens is 396 g/mol. The van der Waals surface area contributed by atoms with Gasteiger partial charge in [-0.2, -0.15) is 0 Å². The first kappa shape index (κ1) is 20.5. The molecule has 6 nitrogen and oxygen atoms in total. The largest absolute Gasteiger partial charge is 0.324 e. The van der Waals surface area contributed by atoms with Gasteiger partial charge in [-0.3, -0.25) is 14.6 Å². The Morgan fingerprint density at radius 1 is 1.10 bits per heavy atom. The summed E-state index contributed by atoms with van der Waals surface area (Å²) >= 11 is 1.44. The van der Waals surface area contributed by atoms with E-state index in [0.717, 1.165) is 45.6 Å². The Balaban J connectivity index is 1.53. The lowest BCUT2D eigenvalue weighted by molar-refractivity contribution is -0.117. The van der Waals surface area contributed by atoms with Crippen LogP contribution in [0.15, 0.2) is 30.5 Å². The fourth-order valence-corrected chi connectivity index (χ4v) is 4.93. The van der Waals surface area contributed by atoms with Crippen molar-refractivity contribution >= 4 is 44.2 Å². The monoisotopic (exact) mass is 422 g/mol. The molecule has 7 heteroatoms. The second-order valence-electron chi connectivity index (χ2n) is 8.00. The molecule has 0 unspecified atom stereocenters. The first-order valence-electron chi connectivity index (χ1n) is 10.4. The maximum atomic E-state index is 12.6. The Morgan fingerprint density at radius 3 is 2.67 bits per heavy atom. The smallest absolute Gasteiger partial charge is 0.224 e. The lowest BCUT2D eigenvalue weighted by Crippen LogP contribution is -2.19. The normalized spacial score (nSPS) is 14.6. The van der Waals surface area contributed by atoms with Crippen LogP contribution < -0.4 is 10.6 Å². The van der Waals surface area contributed by atoms with Gasteiger partial charge in [-0.1, -0.05) is 36.7 Å². The minimum Gasteiger partial charge on any atom is -0.324 e. The first-order chi connectivity index (χ1) is 14.5. The van der Waals surface area contributed by atoms with Gasteiger partial charge >= 0.3 is 0 Å². The van der Waals surface area contributed by atoms with Crippen molar-refractivity contribution in [2.24, 2.45) is 5.92 Å². The molecule has 30 heavy (non-hydrogen) atoms. The van der Waals surface area contributed by atoms with Gasteiger partial charge in [-0.25, -0.2) is 4.98 Å². The number of anilines is 2. The number of aromatic nitrogens is 2. The van der Waals surface area contributed by atoms with Crippen molar-refractivity contribution in [1.29, 1.82) is 0 Å². The van der Waals surface area contributed by atoms with E-state index in [0.29, 0.717) is 17.5 Å². The zero-order valence-electron chi connectivity index (χ0n) is 17.3. The fourth-order valence-electron chi connectivity index (χ4n) is 3.98. The van der Waals surface area contributed by atoms with Gasteiger partial charge in [-0.05, 0) is 49.4 Å². The van der Waals surface area contributed by atoms with Crippen molar-refractivity contribution in [1.82, 2.24) is 9.97 Å². The van der Waals surface area contributed by atoms with Crippen molar-refractivity contribution in [3.8, 4) is 11.1 Å². The number of rotatable bonds is 5. The highest BCUT2D eigenvalue weighted by atomic mass is 32.1. The number of thiazole rings is 1. The second-order valence-corrected chi connectivity index (χ2v) is 9.03. The molecule has 0 aliphatic heterocycles. The number of nitrogens with zero attached hydrogens (tertiary/aromatic N) is 2. The quantitative estimate of drug-likeness (QED) is 0.566. The van der Waals surface area contributed by atoms with E-state index in [1.807, 2.05) is 37.4 Å². The molecule has 2 heterocycles. The summed E-state index contributed by atoms with van der Waals surface area (Å²) in [5.74, 6) is 0.439. The van der Waals surface area contributed by atoms with Gasteiger partial charge in [0, 0.05) is 25.1 Å². The molecular formula is C23H26N4O2S. The lowest BCUT2D eigenvalue weighted by Gasteiger charge is -2.21. The molecule has 0 bridgehead atoms. The second kappa shape index (κ2) is 8.92. The molecule has 1 saturated carbocycles. The SMILES string of the molecule is CC(=O)Nc1nc2ccc(-c3cnc(C)c(NC(=O)CC4CCCCC4)c3)cc2s1. The number of hydrogen-bond donors (Lipinski definition) is 2. The number of carbonyl (C=O) groups is 2. The highest BCUT2D eigenvalue weighted by Crippen LogP contribution is 2.32. The van der Waals surface area contributed by atoms with Crippen LogP contribution in [0, 0.1) is 12.8 Å². The van der Waals surface area contributed by atoms with E-state index in [2.05, 4.69) is 20.6 Å². The summed E-state index contributed by atoms with van der Waals surface area (Å²) in [5.41, 5.74) is 4.34. The van der Waals surface area contributed by atoms with Crippen molar-refractivity contribution in [3.63, 3.8) is 0 Å². The van der Waals surface area contributed by atoms with E-state index >= 15 is 0 Å². The Hall–Kier alpha value is -2.80. The summed E-state index contributed by atoms with van der Waals surface area (Å²) in [7, 11) is 0. The van der Waals surface area contributed by atoms with Crippen LogP contribution in [0.5, 0.6) is 0 Å². The molecule has 2 aromatic heterocycles. The molecule has 1 fully saturated rings. The van der Waals surface area contributed by atoms with Crippen LogP contribution in [-0.2, 0) is 9.59 Å². The van der Waals surface area contributed by atoms with Crippen molar-refractivity contribution in [2.45, 2.75) is 52.4 Å². The maximum absolute atomic E-state index is 12.6. The van der Waals surface area contributed by atoms with Crippen LogP contribution in [0.2, 0.25) is 0 Å². The van der Waals surface area contributed by atoms with Crippen LogP contribution in [-0.4, -0.2) is 21.8 Å². The molecule has 0 atom stereocenters. The van der Waals surface area contributed by atoms with Gasteiger partial charge in [0.05, 0.1) is 21.6 Å². The molecule has 1 aliphatic carbocycles. The predicted molar refractivity (Wildman–Crippen MR) is 122 cm³/mol. The van der Waals surface area contributed by atoms with Crippen molar-refractivity contribution < 1.29 is 9.59 Å². The van der Waals surface area contributed by atoms with Crippen LogP contribution >= 0.6 is 11.3 Å². The van der Waals surface area contributed by atoms with E-state index in [1.165, 1.54) is 37.5 Å². The van der Waals surface area contributed by atoms with Crippen molar-refractivity contribution in [3.05, 3.63) is 36.2 Å². The Kier molecular flexibility index (Phi) is 6.08. The third kappa shape index (κ3) is 4.84. The molecule has 1 aromatic carbocycles. The third-order valence-corrected chi connectivity index (χ3v) is 6.50. The third-order valence-electron chi connectivity index (χ3n) is 5.56. The molecule has 4 rings (SSSR count). The summed E-state index contributed by atoms with van der Waals surface area (Å²) in [4.78, 5) is 32.8. The van der Waals surface area contributed by atoms with Gasteiger partial charge in [0.2, 0.25) is 11.8 Å². The number of amides is 2. The molecule has 156 valence electrons. The van der Waals surface area contributed by atoms with Crippen molar-refractivity contribution in [2.75, 3.05) is 10.6 Å². The highest BCUT2D eigenvalue weighted by Gasteiger charge is 2.18. The van der Waals surface area contributed by atoms with E-state index in [9.17, 15) is 9.59 Å². The van der Waals surface area contributed by atoms with E-state index in [-0.39, 0.29) is 11.8 Å². The number of benzene rings is 1. The number of pyridine rings is 1. The number of fused-ring (bicyclic) bond motifs is 1. The van der Waals surface area contributed by atoms with E-state index < -0.39 is 0 Å². The van der Waals surface area contributed by atoms with Crippen LogP contribution in [0.1, 0.15) is 51.1 Å². The molecule has 0 radical (unpaired) electrons. The van der Waals surface area contributed by atoms with Crippen LogP contribution in [0.25, 0.3) is 21.3 Å². The lowest BCUT2D eigenvalue weighted by atomic mass is 9.87. The van der Waals surface area contributed by atoms with Gasteiger partial charge in [0.25, 0.3) is 0 Å². The molecule has 2 amide bonds. The summed E-state index contributed by atoms with van der Waals surface area (Å²) in [6, 6.07) is 7.95. The van der Waals surface area contributed by atoms with Gasteiger partial charge in [0.15, 0.2) is 5.13 Å². The highest BCUT2D eigenvalue weighted by molar-refractivity contribution is 7.22. The zero-order chi connectivity index (χ0) is 21.1. The Bertz CT molecular complexity index is 1090. The topological polar surface area (TPSA) is 84.0 Å². The fraction of sp³-hybridized carbons (Fsp3) is 0.391. The first-order valence-corrected chi connectivity index (χ1v) is 11.2. The minimum atomic E-state index is -0.134. The molecule has 0 spiro atoms. The Labute approximate surface area is 180 Å². The van der Waals surface area contributed by atoms with E-state index in [1.54, 1.807) is 0 Å². The standard InChI is InChI=1S/C23H26N4O2S/c1-14-20(26-22(29)10-16-6-4-3-5-7-16)11-18(13-24-14)17-8-9-19-21(12-17)30-23(27-19)25-15(2)28/h8-9,11-13,16H,3-7,10H2,1-2H3,(H,26,29)(H,25,27,28). The summed E-state index contributed by atoms with van der Waals surface area (Å²) in [6.07, 6.45) is 8.47. The average Bonchev–Trinajstić information content (AvgIpc) is 3.11. The molecule has 2 N–H and O–H groups in total. The maximum Gasteiger partial charge on any atom is 0.224 e. The average molecular weight is 423 g/mol. The number of carbonyl (C=O) groups excluding carboxylic acids is 2. The van der Waals surface area contributed by atoms with Gasteiger partial charge in [0.1, 0.15) is 0 Å². The summed E-state index contributed by atoms with van der Waals surface area (Å²) < 4.78 is 0.986. The van der Waals surface area contributed by atoms with Crippen LogP contribution in [0.3, 0.4) is 0 Å². The molecule has 1 aliphatic rings. The zero-order valence-corrected chi connectivity index (χ0v) is 18.1. The summed E-state index contributed by atoms with van der Waals surface area (Å²) in [5, 5.41) is 6.40.